The number of aromatic nitrogens is 2. The zero-order chi connectivity index (χ0) is 14.8. The Morgan fingerprint density at radius 1 is 1.43 bits per heavy atom. The lowest BCUT2D eigenvalue weighted by molar-refractivity contribution is -0.141. The van der Waals surface area contributed by atoms with E-state index in [1.165, 1.54) is 0 Å². The Kier molecular flexibility index (Phi) is 4.05. The molecule has 1 atom stereocenters. The highest BCUT2D eigenvalue weighted by atomic mass is 16.5. The monoisotopic (exact) mass is 291 g/mol. The van der Waals surface area contributed by atoms with E-state index in [1.807, 2.05) is 6.07 Å². The van der Waals surface area contributed by atoms with Gasteiger partial charge in [0.1, 0.15) is 11.6 Å². The van der Waals surface area contributed by atoms with Crippen LogP contribution in [0.2, 0.25) is 0 Å². The molecule has 1 saturated carbocycles. The van der Waals surface area contributed by atoms with Crippen molar-refractivity contribution in [1.82, 2.24) is 9.97 Å². The van der Waals surface area contributed by atoms with Crippen LogP contribution in [0.4, 0.5) is 5.82 Å². The summed E-state index contributed by atoms with van der Waals surface area (Å²) in [5.74, 6) is 1.19. The molecule has 114 valence electrons. The van der Waals surface area contributed by atoms with Crippen molar-refractivity contribution in [2.24, 2.45) is 5.92 Å². The van der Waals surface area contributed by atoms with E-state index in [4.69, 9.17) is 4.74 Å². The van der Waals surface area contributed by atoms with Crippen LogP contribution < -0.4 is 4.90 Å². The molecule has 1 aromatic heterocycles. The summed E-state index contributed by atoms with van der Waals surface area (Å²) in [6.45, 7) is 1.85. The summed E-state index contributed by atoms with van der Waals surface area (Å²) in [4.78, 5) is 22.5. The topological polar surface area (TPSA) is 75.5 Å². The highest BCUT2D eigenvalue weighted by Gasteiger charge is 2.30. The Balaban J connectivity index is 1.84. The predicted molar refractivity (Wildman–Crippen MR) is 77.3 cm³/mol. The van der Waals surface area contributed by atoms with Crippen molar-refractivity contribution < 1.29 is 14.6 Å². The molecule has 0 bridgehead atoms. The van der Waals surface area contributed by atoms with E-state index in [-0.39, 0.29) is 5.92 Å². The van der Waals surface area contributed by atoms with E-state index in [2.05, 4.69) is 14.9 Å². The number of carboxylic acids is 1. The molecular weight excluding hydrogens is 270 g/mol. The lowest BCUT2D eigenvalue weighted by Crippen LogP contribution is -2.39. The van der Waals surface area contributed by atoms with Crippen LogP contribution in [-0.4, -0.2) is 41.2 Å². The fourth-order valence-corrected chi connectivity index (χ4v) is 2.80. The van der Waals surface area contributed by atoms with Crippen LogP contribution in [0.3, 0.4) is 0 Å². The number of carboxylic acid groups (broad SMARTS) is 1. The second-order valence-corrected chi connectivity index (χ2v) is 5.91. The zero-order valence-electron chi connectivity index (χ0n) is 12.3. The number of nitrogens with zero attached hydrogens (tertiary/aromatic N) is 3. The lowest BCUT2D eigenvalue weighted by Gasteiger charge is -2.32. The Morgan fingerprint density at radius 2 is 2.24 bits per heavy atom. The maximum Gasteiger partial charge on any atom is 0.308 e. The van der Waals surface area contributed by atoms with Crippen molar-refractivity contribution in [2.75, 3.05) is 25.1 Å². The van der Waals surface area contributed by atoms with Crippen LogP contribution in [0, 0.1) is 5.92 Å². The van der Waals surface area contributed by atoms with Crippen molar-refractivity contribution in [3.8, 4) is 0 Å². The fraction of sp³-hybridized carbons (Fsp3) is 0.667. The molecule has 21 heavy (non-hydrogen) atoms. The predicted octanol–water partition coefficient (Wildman–Crippen LogP) is 1.80. The van der Waals surface area contributed by atoms with Crippen LogP contribution in [0.5, 0.6) is 0 Å². The minimum absolute atomic E-state index is 0.302. The van der Waals surface area contributed by atoms with Gasteiger partial charge in [-0.15, -0.1) is 0 Å². The van der Waals surface area contributed by atoms with E-state index >= 15 is 0 Å². The van der Waals surface area contributed by atoms with E-state index < -0.39 is 5.97 Å². The molecule has 6 nitrogen and oxygen atoms in total. The van der Waals surface area contributed by atoms with Gasteiger partial charge in [0.15, 0.2) is 0 Å². The lowest BCUT2D eigenvalue weighted by atomic mass is 9.98. The number of methoxy groups -OCH3 is 1. The van der Waals surface area contributed by atoms with Crippen molar-refractivity contribution >= 4 is 11.8 Å². The quantitative estimate of drug-likeness (QED) is 0.891. The molecule has 2 heterocycles. The molecule has 1 N–H and O–H groups in total. The van der Waals surface area contributed by atoms with E-state index in [9.17, 15) is 9.90 Å². The standard InChI is InChI=1S/C15H21N3O3/c1-21-9-12-7-13(17-14(16-12)10-4-5-10)18-6-2-3-11(8-18)15(19)20/h7,10-11H,2-6,8-9H2,1H3,(H,19,20)/t11-/m1/s1. The van der Waals surface area contributed by atoms with Crippen molar-refractivity contribution in [3.63, 3.8) is 0 Å². The van der Waals surface area contributed by atoms with Gasteiger partial charge in [-0.25, -0.2) is 9.97 Å². The molecule has 1 aromatic rings. The second kappa shape index (κ2) is 5.97. The number of ether oxygens (including phenoxy) is 1. The first kappa shape index (κ1) is 14.3. The highest BCUT2D eigenvalue weighted by molar-refractivity contribution is 5.71. The Morgan fingerprint density at radius 3 is 2.90 bits per heavy atom. The van der Waals surface area contributed by atoms with Crippen LogP contribution in [-0.2, 0) is 16.1 Å². The number of rotatable bonds is 5. The first-order chi connectivity index (χ1) is 10.2. The number of piperidine rings is 1. The number of hydrogen-bond donors (Lipinski definition) is 1. The van der Waals surface area contributed by atoms with Gasteiger partial charge < -0.3 is 14.7 Å². The summed E-state index contributed by atoms with van der Waals surface area (Å²) in [5, 5.41) is 9.22. The third kappa shape index (κ3) is 3.32. The molecule has 1 aliphatic carbocycles. The number of carbonyl (C=O) groups is 1. The van der Waals surface area contributed by atoms with Gasteiger partial charge in [-0.2, -0.15) is 0 Å². The fourth-order valence-electron chi connectivity index (χ4n) is 2.80. The molecule has 6 heteroatoms. The highest BCUT2D eigenvalue weighted by Crippen LogP contribution is 2.39. The third-order valence-electron chi connectivity index (χ3n) is 4.11. The van der Waals surface area contributed by atoms with Gasteiger partial charge in [-0.1, -0.05) is 0 Å². The van der Waals surface area contributed by atoms with Gasteiger partial charge >= 0.3 is 5.97 Å². The van der Waals surface area contributed by atoms with Crippen LogP contribution in [0.25, 0.3) is 0 Å². The molecule has 1 aliphatic heterocycles. The SMILES string of the molecule is COCc1cc(N2CCC[C@@H](C(=O)O)C2)nc(C2CC2)n1. The molecule has 0 amide bonds. The molecule has 0 spiro atoms. The summed E-state index contributed by atoms with van der Waals surface area (Å²) in [6, 6.07) is 1.93. The summed E-state index contributed by atoms with van der Waals surface area (Å²) in [5.41, 5.74) is 0.877. The van der Waals surface area contributed by atoms with Crippen LogP contribution in [0.1, 0.15) is 43.1 Å². The minimum atomic E-state index is -0.715. The largest absolute Gasteiger partial charge is 0.481 e. The van der Waals surface area contributed by atoms with E-state index in [1.54, 1.807) is 7.11 Å². The molecule has 3 rings (SSSR count). The van der Waals surface area contributed by atoms with Crippen molar-refractivity contribution in [1.29, 1.82) is 0 Å². The van der Waals surface area contributed by atoms with Gasteiger partial charge in [0.2, 0.25) is 0 Å². The third-order valence-corrected chi connectivity index (χ3v) is 4.11. The molecule has 0 aromatic carbocycles. The molecule has 2 aliphatic rings. The minimum Gasteiger partial charge on any atom is -0.481 e. The van der Waals surface area contributed by atoms with Crippen LogP contribution in [0.15, 0.2) is 6.07 Å². The number of aliphatic carboxylic acids is 1. The summed E-state index contributed by atoms with van der Waals surface area (Å²) >= 11 is 0. The Hall–Kier alpha value is -1.69. The van der Waals surface area contributed by atoms with Gasteiger partial charge in [0, 0.05) is 32.2 Å². The van der Waals surface area contributed by atoms with Gasteiger partial charge in [-0.3, -0.25) is 4.79 Å². The molecule has 1 saturated heterocycles. The van der Waals surface area contributed by atoms with Gasteiger partial charge in [0.05, 0.1) is 18.2 Å². The van der Waals surface area contributed by atoms with Crippen LogP contribution >= 0.6 is 0 Å². The molecular formula is C15H21N3O3. The van der Waals surface area contributed by atoms with Gasteiger partial charge in [0.25, 0.3) is 0 Å². The van der Waals surface area contributed by atoms with Gasteiger partial charge in [-0.05, 0) is 25.7 Å². The van der Waals surface area contributed by atoms with Crippen molar-refractivity contribution in [3.05, 3.63) is 17.6 Å². The average molecular weight is 291 g/mol. The summed E-state index contributed by atoms with van der Waals surface area (Å²) in [7, 11) is 1.65. The smallest absolute Gasteiger partial charge is 0.308 e. The number of anilines is 1. The van der Waals surface area contributed by atoms with E-state index in [0.29, 0.717) is 19.1 Å². The maximum atomic E-state index is 11.2. The van der Waals surface area contributed by atoms with Crippen molar-refractivity contribution in [2.45, 2.75) is 38.2 Å². The average Bonchev–Trinajstić information content (AvgIpc) is 3.32. The first-order valence-corrected chi connectivity index (χ1v) is 7.52. The molecule has 2 fully saturated rings. The molecule has 0 radical (unpaired) electrons. The second-order valence-electron chi connectivity index (χ2n) is 5.91. The summed E-state index contributed by atoms with van der Waals surface area (Å²) in [6.07, 6.45) is 3.93. The first-order valence-electron chi connectivity index (χ1n) is 7.52. The maximum absolute atomic E-state index is 11.2. The number of hydrogen-bond acceptors (Lipinski definition) is 5. The summed E-state index contributed by atoms with van der Waals surface area (Å²) < 4.78 is 5.18. The normalized spacial score (nSPS) is 22.3. The Labute approximate surface area is 124 Å². The molecule has 0 unspecified atom stereocenters. The Bertz CT molecular complexity index is 531. The zero-order valence-corrected chi connectivity index (χ0v) is 12.3. The van der Waals surface area contributed by atoms with E-state index in [0.717, 1.165) is 49.6 Å².